The molecule has 0 aliphatic rings. The van der Waals surface area contributed by atoms with Gasteiger partial charge in [-0.25, -0.2) is 4.98 Å². The second-order valence-corrected chi connectivity index (χ2v) is 5.64. The lowest BCUT2D eigenvalue weighted by atomic mass is 10.1. The predicted molar refractivity (Wildman–Crippen MR) is 99.5 cm³/mol. The van der Waals surface area contributed by atoms with Crippen molar-refractivity contribution < 1.29 is 4.79 Å². The number of para-hydroxylation sites is 2. The first-order valence-corrected chi connectivity index (χ1v) is 8.01. The number of amides is 1. The van der Waals surface area contributed by atoms with Gasteiger partial charge in [-0.3, -0.25) is 14.6 Å². The Hall–Kier alpha value is -3.80. The van der Waals surface area contributed by atoms with E-state index in [4.69, 9.17) is 0 Å². The Morgan fingerprint density at radius 3 is 2.50 bits per heavy atom. The van der Waals surface area contributed by atoms with Gasteiger partial charge < -0.3 is 9.88 Å². The van der Waals surface area contributed by atoms with Crippen molar-refractivity contribution in [3.8, 4) is 5.69 Å². The molecule has 0 saturated carbocycles. The van der Waals surface area contributed by atoms with Crippen LogP contribution in [0.2, 0.25) is 0 Å². The second kappa shape index (κ2) is 6.60. The molecule has 6 heteroatoms. The van der Waals surface area contributed by atoms with E-state index in [0.29, 0.717) is 5.39 Å². The Labute approximate surface area is 148 Å². The highest BCUT2D eigenvalue weighted by Gasteiger charge is 2.16. The molecule has 6 nitrogen and oxygen atoms in total. The quantitative estimate of drug-likeness (QED) is 0.621. The van der Waals surface area contributed by atoms with Crippen molar-refractivity contribution >= 4 is 22.6 Å². The first-order valence-electron chi connectivity index (χ1n) is 8.01. The lowest BCUT2D eigenvalue weighted by Gasteiger charge is -2.13. The van der Waals surface area contributed by atoms with Crippen molar-refractivity contribution in [2.45, 2.75) is 0 Å². The van der Waals surface area contributed by atoms with E-state index in [-0.39, 0.29) is 16.8 Å². The summed E-state index contributed by atoms with van der Waals surface area (Å²) in [5, 5.41) is 3.09. The van der Waals surface area contributed by atoms with Gasteiger partial charge >= 0.3 is 0 Å². The number of carbonyl (C=O) groups excluding carboxylic acids is 1. The molecule has 0 atom stereocenters. The third kappa shape index (κ3) is 2.84. The fourth-order valence-corrected chi connectivity index (χ4v) is 2.79. The molecule has 2 aromatic heterocycles. The smallest absolute Gasteiger partial charge is 0.262 e. The standard InChI is InChI=1S/C20H14N4O2/c25-19-15-8-4-5-9-17(15)24(14-6-2-1-3-7-14)13-16(19)20(26)23-18-12-21-10-11-22-18/h1-13H,(H,22,23,26). The normalized spacial score (nSPS) is 10.6. The molecule has 4 rings (SSSR count). The maximum absolute atomic E-state index is 12.8. The fraction of sp³-hybridized carbons (Fsp3) is 0. The molecule has 126 valence electrons. The molecule has 0 unspecified atom stereocenters. The number of carbonyl (C=O) groups is 1. The number of nitrogens with zero attached hydrogens (tertiary/aromatic N) is 3. The van der Waals surface area contributed by atoms with Crippen LogP contribution in [0.3, 0.4) is 0 Å². The van der Waals surface area contributed by atoms with Crippen LogP contribution in [-0.2, 0) is 0 Å². The zero-order valence-corrected chi connectivity index (χ0v) is 13.7. The summed E-state index contributed by atoms with van der Waals surface area (Å²) in [6.45, 7) is 0. The second-order valence-electron chi connectivity index (χ2n) is 5.64. The van der Waals surface area contributed by atoms with Gasteiger partial charge in [0.25, 0.3) is 5.91 Å². The van der Waals surface area contributed by atoms with E-state index in [1.807, 2.05) is 47.0 Å². The molecule has 4 aromatic rings. The Bertz CT molecular complexity index is 1140. The third-order valence-corrected chi connectivity index (χ3v) is 3.99. The molecule has 0 fully saturated rings. The van der Waals surface area contributed by atoms with Crippen molar-refractivity contribution in [2.75, 3.05) is 5.32 Å². The number of pyridine rings is 1. The van der Waals surface area contributed by atoms with Crippen molar-refractivity contribution in [3.63, 3.8) is 0 Å². The summed E-state index contributed by atoms with van der Waals surface area (Å²) in [5.41, 5.74) is 1.31. The first-order chi connectivity index (χ1) is 12.7. The highest BCUT2D eigenvalue weighted by molar-refractivity contribution is 6.05. The largest absolute Gasteiger partial charge is 0.315 e. The highest BCUT2D eigenvalue weighted by atomic mass is 16.2. The molecule has 1 amide bonds. The van der Waals surface area contributed by atoms with E-state index in [1.165, 1.54) is 18.6 Å². The fourth-order valence-electron chi connectivity index (χ4n) is 2.79. The Kier molecular flexibility index (Phi) is 3.99. The van der Waals surface area contributed by atoms with Crippen LogP contribution >= 0.6 is 0 Å². The molecule has 0 bridgehead atoms. The minimum absolute atomic E-state index is 0.0400. The molecular formula is C20H14N4O2. The van der Waals surface area contributed by atoms with E-state index in [2.05, 4.69) is 15.3 Å². The van der Waals surface area contributed by atoms with Gasteiger partial charge in [-0.2, -0.15) is 0 Å². The van der Waals surface area contributed by atoms with Crippen LogP contribution in [0.5, 0.6) is 0 Å². The summed E-state index contributed by atoms with van der Waals surface area (Å²) in [6.07, 6.45) is 5.96. The monoisotopic (exact) mass is 342 g/mol. The Morgan fingerprint density at radius 2 is 1.73 bits per heavy atom. The molecule has 2 heterocycles. The third-order valence-electron chi connectivity index (χ3n) is 3.99. The van der Waals surface area contributed by atoms with Crippen LogP contribution in [0.4, 0.5) is 5.82 Å². The number of hydrogen-bond donors (Lipinski definition) is 1. The van der Waals surface area contributed by atoms with Gasteiger partial charge in [-0.05, 0) is 24.3 Å². The Balaban J connectivity index is 1.89. The van der Waals surface area contributed by atoms with Gasteiger partial charge in [0, 0.05) is 29.7 Å². The topological polar surface area (TPSA) is 76.9 Å². The first kappa shape index (κ1) is 15.7. The lowest BCUT2D eigenvalue weighted by molar-refractivity contribution is 0.102. The van der Waals surface area contributed by atoms with Gasteiger partial charge in [-0.1, -0.05) is 30.3 Å². The number of nitrogens with one attached hydrogen (secondary N) is 1. The van der Waals surface area contributed by atoms with Gasteiger partial charge in [0.2, 0.25) is 5.43 Å². The maximum atomic E-state index is 12.8. The Morgan fingerprint density at radius 1 is 0.962 bits per heavy atom. The zero-order chi connectivity index (χ0) is 17.9. The molecule has 0 aliphatic carbocycles. The maximum Gasteiger partial charge on any atom is 0.262 e. The van der Waals surface area contributed by atoms with Crippen LogP contribution < -0.4 is 10.7 Å². The average molecular weight is 342 g/mol. The summed E-state index contributed by atoms with van der Waals surface area (Å²) in [6, 6.07) is 16.8. The van der Waals surface area contributed by atoms with E-state index in [1.54, 1.807) is 18.3 Å². The summed E-state index contributed by atoms with van der Waals surface area (Å²) in [5.74, 6) is -0.234. The number of anilines is 1. The molecule has 0 spiro atoms. The summed E-state index contributed by atoms with van der Waals surface area (Å²) in [4.78, 5) is 33.4. The molecule has 26 heavy (non-hydrogen) atoms. The van der Waals surface area contributed by atoms with Crippen molar-refractivity contribution in [1.29, 1.82) is 0 Å². The number of hydrogen-bond acceptors (Lipinski definition) is 4. The van der Waals surface area contributed by atoms with Crippen LogP contribution in [-0.4, -0.2) is 20.4 Å². The van der Waals surface area contributed by atoms with E-state index in [0.717, 1.165) is 11.2 Å². The highest BCUT2D eigenvalue weighted by Crippen LogP contribution is 2.18. The van der Waals surface area contributed by atoms with Gasteiger partial charge in [0.15, 0.2) is 5.82 Å². The SMILES string of the molecule is O=C(Nc1cnccn1)c1cn(-c2ccccc2)c2ccccc2c1=O. The summed E-state index contributed by atoms with van der Waals surface area (Å²) >= 11 is 0. The van der Waals surface area contributed by atoms with E-state index in [9.17, 15) is 9.59 Å². The van der Waals surface area contributed by atoms with Gasteiger partial charge in [-0.15, -0.1) is 0 Å². The molecule has 0 radical (unpaired) electrons. The van der Waals surface area contributed by atoms with Crippen molar-refractivity contribution in [3.05, 3.63) is 95.2 Å². The molecular weight excluding hydrogens is 328 g/mol. The number of benzene rings is 2. The number of fused-ring (bicyclic) bond motifs is 1. The van der Waals surface area contributed by atoms with E-state index >= 15 is 0 Å². The zero-order valence-electron chi connectivity index (χ0n) is 13.7. The number of aromatic nitrogens is 3. The molecule has 1 N–H and O–H groups in total. The van der Waals surface area contributed by atoms with Crippen LogP contribution in [0, 0.1) is 0 Å². The summed E-state index contributed by atoms with van der Waals surface area (Å²) < 4.78 is 1.84. The average Bonchev–Trinajstić information content (AvgIpc) is 2.70. The van der Waals surface area contributed by atoms with Crippen LogP contribution in [0.25, 0.3) is 16.6 Å². The van der Waals surface area contributed by atoms with Gasteiger partial charge in [0.1, 0.15) is 5.56 Å². The van der Waals surface area contributed by atoms with Crippen LogP contribution in [0.1, 0.15) is 10.4 Å². The van der Waals surface area contributed by atoms with Gasteiger partial charge in [0.05, 0.1) is 11.7 Å². The van der Waals surface area contributed by atoms with Crippen molar-refractivity contribution in [1.82, 2.24) is 14.5 Å². The van der Waals surface area contributed by atoms with Crippen LogP contribution in [0.15, 0.2) is 84.2 Å². The lowest BCUT2D eigenvalue weighted by Crippen LogP contribution is -2.24. The minimum Gasteiger partial charge on any atom is -0.315 e. The molecule has 2 aromatic carbocycles. The molecule has 0 saturated heterocycles. The van der Waals surface area contributed by atoms with E-state index < -0.39 is 5.91 Å². The minimum atomic E-state index is -0.522. The number of rotatable bonds is 3. The summed E-state index contributed by atoms with van der Waals surface area (Å²) in [7, 11) is 0. The van der Waals surface area contributed by atoms with Crippen molar-refractivity contribution in [2.24, 2.45) is 0 Å². The predicted octanol–water partition coefficient (Wildman–Crippen LogP) is 3.03. The molecule has 0 aliphatic heterocycles.